The number of allylic oxidation sites excluding steroid dienone is 1. The first-order chi connectivity index (χ1) is 14.9. The third-order valence-corrected chi connectivity index (χ3v) is 6.04. The van der Waals surface area contributed by atoms with E-state index in [0.717, 1.165) is 16.8 Å². The molecule has 0 aliphatic carbocycles. The molecule has 0 unspecified atom stereocenters. The van der Waals surface area contributed by atoms with Crippen molar-refractivity contribution < 1.29 is 9.21 Å². The number of thioether (sulfide) groups is 1. The van der Waals surface area contributed by atoms with Gasteiger partial charge < -0.3 is 4.42 Å². The van der Waals surface area contributed by atoms with Gasteiger partial charge in [-0.2, -0.15) is 0 Å². The van der Waals surface area contributed by atoms with Crippen LogP contribution in [0.1, 0.15) is 36.9 Å². The molecule has 0 aliphatic rings. The van der Waals surface area contributed by atoms with E-state index in [4.69, 9.17) is 4.42 Å². The van der Waals surface area contributed by atoms with E-state index in [9.17, 15) is 4.79 Å². The average molecular weight is 432 g/mol. The predicted octanol–water partition coefficient (Wildman–Crippen LogP) is 6.15. The maximum Gasteiger partial charge on any atom is 0.208 e. The molecular weight excluding hydrogens is 406 g/mol. The van der Waals surface area contributed by atoms with E-state index in [0.29, 0.717) is 23.0 Å². The lowest BCUT2D eigenvalue weighted by molar-refractivity contribution is 0.0994. The molecule has 4 aromatic rings. The molecule has 0 radical (unpaired) electrons. The second-order valence-corrected chi connectivity index (χ2v) is 9.34. The third-order valence-electron chi connectivity index (χ3n) is 5.07. The van der Waals surface area contributed by atoms with Crippen LogP contribution in [0.25, 0.3) is 22.4 Å². The van der Waals surface area contributed by atoms with Crippen molar-refractivity contribution >= 4 is 28.5 Å². The van der Waals surface area contributed by atoms with Crippen LogP contribution in [0, 0.1) is 0 Å². The Morgan fingerprint density at radius 1 is 1.13 bits per heavy atom. The van der Waals surface area contributed by atoms with Gasteiger partial charge >= 0.3 is 0 Å². The van der Waals surface area contributed by atoms with Crippen molar-refractivity contribution in [2.24, 2.45) is 0 Å². The van der Waals surface area contributed by atoms with Crippen LogP contribution in [0.2, 0.25) is 0 Å². The van der Waals surface area contributed by atoms with Crippen molar-refractivity contribution in [3.63, 3.8) is 0 Å². The number of furan rings is 1. The van der Waals surface area contributed by atoms with E-state index in [2.05, 4.69) is 61.8 Å². The Morgan fingerprint density at radius 3 is 2.55 bits per heavy atom. The molecule has 4 rings (SSSR count). The fourth-order valence-electron chi connectivity index (χ4n) is 3.34. The highest BCUT2D eigenvalue weighted by atomic mass is 32.2. The summed E-state index contributed by atoms with van der Waals surface area (Å²) in [6.07, 6.45) is 1.81. The highest BCUT2D eigenvalue weighted by molar-refractivity contribution is 7.99. The first-order valence-corrected chi connectivity index (χ1v) is 11.1. The summed E-state index contributed by atoms with van der Waals surface area (Å²) in [6, 6.07) is 17.8. The van der Waals surface area contributed by atoms with E-state index in [1.54, 1.807) is 6.07 Å². The maximum absolute atomic E-state index is 12.7. The van der Waals surface area contributed by atoms with Crippen molar-refractivity contribution in [1.29, 1.82) is 0 Å². The first kappa shape index (κ1) is 21.1. The number of rotatable bonds is 7. The first-order valence-electron chi connectivity index (χ1n) is 10.2. The Labute approximate surface area is 186 Å². The van der Waals surface area contributed by atoms with Gasteiger partial charge in [-0.25, -0.2) is 0 Å². The minimum Gasteiger partial charge on any atom is -0.453 e. The maximum atomic E-state index is 12.7. The van der Waals surface area contributed by atoms with Crippen LogP contribution >= 0.6 is 11.8 Å². The Balaban J connectivity index is 1.54. The van der Waals surface area contributed by atoms with Crippen LogP contribution in [0.3, 0.4) is 0 Å². The largest absolute Gasteiger partial charge is 0.453 e. The van der Waals surface area contributed by atoms with Gasteiger partial charge in [-0.3, -0.25) is 9.36 Å². The van der Waals surface area contributed by atoms with Gasteiger partial charge in [-0.15, -0.1) is 16.8 Å². The molecule has 2 aromatic heterocycles. The van der Waals surface area contributed by atoms with Crippen LogP contribution in [0.4, 0.5) is 0 Å². The monoisotopic (exact) mass is 431 g/mol. The summed E-state index contributed by atoms with van der Waals surface area (Å²) in [5.41, 5.74) is 3.05. The summed E-state index contributed by atoms with van der Waals surface area (Å²) < 4.78 is 7.67. The number of benzene rings is 2. The number of Topliss-reactive ketones (excluding diaryl/α,β-unsaturated/α-hetero) is 1. The standard InChI is InChI=1S/C25H25N3O2S/c1-5-14-28-23(17-10-12-19(13-11-17)25(2,3)4)26-27-24(28)31-16-20(29)22-15-18-8-6-7-9-21(18)30-22/h5-13,15H,1,14,16H2,2-4H3. The normalized spacial score (nSPS) is 11.7. The SMILES string of the molecule is C=CCn1c(SCC(=O)c2cc3ccccc3o2)nnc1-c1ccc(C(C)(C)C)cc1. The van der Waals surface area contributed by atoms with Crippen LogP contribution in [-0.2, 0) is 12.0 Å². The van der Waals surface area contributed by atoms with Gasteiger partial charge in [0.15, 0.2) is 16.7 Å². The van der Waals surface area contributed by atoms with Gasteiger partial charge in [0.25, 0.3) is 0 Å². The lowest BCUT2D eigenvalue weighted by atomic mass is 9.87. The summed E-state index contributed by atoms with van der Waals surface area (Å²) in [5, 5.41) is 10.3. The summed E-state index contributed by atoms with van der Waals surface area (Å²) >= 11 is 1.35. The molecule has 158 valence electrons. The zero-order chi connectivity index (χ0) is 22.0. The minimum absolute atomic E-state index is 0.0783. The Bertz CT molecular complexity index is 1200. The van der Waals surface area contributed by atoms with Crippen LogP contribution < -0.4 is 0 Å². The summed E-state index contributed by atoms with van der Waals surface area (Å²) in [4.78, 5) is 12.7. The molecule has 0 saturated heterocycles. The molecule has 5 nitrogen and oxygen atoms in total. The average Bonchev–Trinajstić information content (AvgIpc) is 3.36. The number of hydrogen-bond donors (Lipinski definition) is 0. The van der Waals surface area contributed by atoms with E-state index >= 15 is 0 Å². The molecule has 0 fully saturated rings. The van der Waals surface area contributed by atoms with E-state index in [1.165, 1.54) is 17.3 Å². The quantitative estimate of drug-likeness (QED) is 0.199. The Morgan fingerprint density at radius 2 is 1.87 bits per heavy atom. The number of hydrogen-bond acceptors (Lipinski definition) is 5. The van der Waals surface area contributed by atoms with Gasteiger partial charge in [0.2, 0.25) is 5.78 Å². The smallest absolute Gasteiger partial charge is 0.208 e. The number of carbonyl (C=O) groups is 1. The fourth-order valence-corrected chi connectivity index (χ4v) is 4.16. The summed E-state index contributed by atoms with van der Waals surface area (Å²) in [5.74, 6) is 1.27. The van der Waals surface area contributed by atoms with E-state index in [1.807, 2.05) is 34.9 Å². The predicted molar refractivity (Wildman–Crippen MR) is 126 cm³/mol. The zero-order valence-corrected chi connectivity index (χ0v) is 18.8. The van der Waals surface area contributed by atoms with Gasteiger partial charge in [-0.1, -0.05) is 81.1 Å². The number of ketones is 1. The van der Waals surface area contributed by atoms with Crippen molar-refractivity contribution in [3.8, 4) is 11.4 Å². The lowest BCUT2D eigenvalue weighted by Crippen LogP contribution is -2.10. The number of carbonyl (C=O) groups excluding carboxylic acids is 1. The molecule has 0 amide bonds. The van der Waals surface area contributed by atoms with Crippen LogP contribution in [-0.4, -0.2) is 26.3 Å². The molecule has 0 saturated carbocycles. The van der Waals surface area contributed by atoms with Crippen molar-refractivity contribution in [2.45, 2.75) is 37.9 Å². The number of para-hydroxylation sites is 1. The molecule has 0 atom stereocenters. The van der Waals surface area contributed by atoms with Crippen molar-refractivity contribution in [1.82, 2.24) is 14.8 Å². The fraction of sp³-hybridized carbons (Fsp3) is 0.240. The van der Waals surface area contributed by atoms with Crippen molar-refractivity contribution in [3.05, 3.63) is 78.6 Å². The summed E-state index contributed by atoms with van der Waals surface area (Å²) in [7, 11) is 0. The second-order valence-electron chi connectivity index (χ2n) is 8.39. The lowest BCUT2D eigenvalue weighted by Gasteiger charge is -2.19. The highest BCUT2D eigenvalue weighted by Gasteiger charge is 2.19. The molecule has 0 spiro atoms. The molecule has 2 aromatic carbocycles. The van der Waals surface area contributed by atoms with E-state index < -0.39 is 0 Å². The number of aromatic nitrogens is 3. The second kappa shape index (κ2) is 8.55. The van der Waals surface area contributed by atoms with Gasteiger partial charge in [0, 0.05) is 17.5 Å². The topological polar surface area (TPSA) is 60.9 Å². The minimum atomic E-state index is -0.0783. The van der Waals surface area contributed by atoms with Crippen molar-refractivity contribution in [2.75, 3.05) is 5.75 Å². The molecule has 0 N–H and O–H groups in total. The number of nitrogens with zero attached hydrogens (tertiary/aromatic N) is 3. The molecule has 0 aliphatic heterocycles. The van der Waals surface area contributed by atoms with Gasteiger partial charge in [-0.05, 0) is 23.1 Å². The zero-order valence-electron chi connectivity index (χ0n) is 18.0. The molecule has 0 bridgehead atoms. The molecule has 2 heterocycles. The van der Waals surface area contributed by atoms with Crippen LogP contribution in [0.5, 0.6) is 0 Å². The molecular formula is C25H25N3O2S. The summed E-state index contributed by atoms with van der Waals surface area (Å²) in [6.45, 7) is 11.0. The highest BCUT2D eigenvalue weighted by Crippen LogP contribution is 2.28. The third kappa shape index (κ3) is 4.49. The van der Waals surface area contributed by atoms with Gasteiger partial charge in [0.1, 0.15) is 5.58 Å². The Kier molecular flexibility index (Phi) is 5.83. The molecule has 31 heavy (non-hydrogen) atoms. The Hall–Kier alpha value is -3.12. The van der Waals surface area contributed by atoms with E-state index in [-0.39, 0.29) is 17.0 Å². The number of fused-ring (bicyclic) bond motifs is 1. The van der Waals surface area contributed by atoms with Crippen LogP contribution in [0.15, 0.2) is 76.8 Å². The van der Waals surface area contributed by atoms with Gasteiger partial charge in [0.05, 0.1) is 5.75 Å². The molecule has 6 heteroatoms.